The minimum Gasteiger partial charge on any atom is -0.493 e. The number of hydrogen-bond acceptors (Lipinski definition) is 8. The van der Waals surface area contributed by atoms with Gasteiger partial charge in [0.2, 0.25) is 0 Å². The van der Waals surface area contributed by atoms with Crippen molar-refractivity contribution in [2.45, 2.75) is 31.2 Å². The van der Waals surface area contributed by atoms with Crippen LogP contribution in [0.5, 0.6) is 11.5 Å². The van der Waals surface area contributed by atoms with Crippen molar-refractivity contribution in [1.82, 2.24) is 19.8 Å². The Bertz CT molecular complexity index is 1380. The molecule has 206 valence electrons. The Morgan fingerprint density at radius 3 is 2.54 bits per heavy atom. The Labute approximate surface area is 227 Å². The van der Waals surface area contributed by atoms with Crippen LogP contribution >= 0.6 is 0 Å². The summed E-state index contributed by atoms with van der Waals surface area (Å²) in [5.41, 5.74) is 2.08. The minimum atomic E-state index is -0.439. The summed E-state index contributed by atoms with van der Waals surface area (Å²) < 4.78 is 23.5. The van der Waals surface area contributed by atoms with E-state index in [4.69, 9.17) is 18.9 Å². The van der Waals surface area contributed by atoms with E-state index in [2.05, 4.69) is 15.3 Å². The van der Waals surface area contributed by atoms with E-state index in [9.17, 15) is 9.59 Å². The van der Waals surface area contributed by atoms with Gasteiger partial charge in [0, 0.05) is 30.7 Å². The molecule has 0 unspecified atom stereocenters. The van der Waals surface area contributed by atoms with E-state index in [0.717, 1.165) is 56.0 Å². The van der Waals surface area contributed by atoms with Crippen LogP contribution in [0.2, 0.25) is 0 Å². The summed E-state index contributed by atoms with van der Waals surface area (Å²) >= 11 is 0. The zero-order chi connectivity index (χ0) is 27.0. The van der Waals surface area contributed by atoms with Crippen LogP contribution in [0.1, 0.15) is 36.2 Å². The van der Waals surface area contributed by atoms with Crippen molar-refractivity contribution in [3.63, 3.8) is 0 Å². The Morgan fingerprint density at radius 2 is 1.79 bits per heavy atom. The molecule has 0 radical (unpaired) electrons. The van der Waals surface area contributed by atoms with Crippen LogP contribution in [0.25, 0.3) is 16.8 Å². The first kappa shape index (κ1) is 25.6. The highest BCUT2D eigenvalue weighted by Gasteiger charge is 2.73. The van der Waals surface area contributed by atoms with Crippen molar-refractivity contribution >= 4 is 17.4 Å². The lowest BCUT2D eigenvalue weighted by Gasteiger charge is -2.68. The van der Waals surface area contributed by atoms with Gasteiger partial charge in [0.05, 0.1) is 50.7 Å². The molecule has 39 heavy (non-hydrogen) atoms. The molecule has 2 bridgehead atoms. The van der Waals surface area contributed by atoms with Crippen LogP contribution in [0, 0.1) is 5.41 Å². The third-order valence-corrected chi connectivity index (χ3v) is 8.20. The quantitative estimate of drug-likeness (QED) is 0.313. The lowest BCUT2D eigenvalue weighted by molar-refractivity contribution is -0.202. The molecule has 0 atom stereocenters. The van der Waals surface area contributed by atoms with Crippen molar-refractivity contribution in [3.05, 3.63) is 48.2 Å². The standard InChI is InChI=1S/C29H34N4O6/c1-36-24-8-7-20(15-25(24)37-2)23-6-3-5-21-16-22(31-33(21)23)26(34)30-29-17-28(18-29,19-29)27(35)39-12-4-9-32-10-13-38-14-11-32/h3,5-8,15-16H,4,9-14,17-19H2,1-2H3,(H,30,34). The zero-order valence-corrected chi connectivity index (χ0v) is 22.4. The maximum absolute atomic E-state index is 13.2. The first-order chi connectivity index (χ1) is 18.9. The zero-order valence-electron chi connectivity index (χ0n) is 22.4. The molecule has 4 aliphatic rings. The molecule has 1 amide bonds. The normalized spacial score (nSPS) is 23.9. The van der Waals surface area contributed by atoms with Gasteiger partial charge in [-0.2, -0.15) is 5.10 Å². The molecule has 3 aliphatic carbocycles. The SMILES string of the molecule is COc1ccc(-c2cccc3cc(C(=O)NC45CC(C(=O)OCCCN6CCOCC6)(C4)C5)nn23)cc1OC. The Kier molecular flexibility index (Phi) is 6.68. The molecule has 2 aromatic heterocycles. The van der Waals surface area contributed by atoms with E-state index in [0.29, 0.717) is 43.1 Å². The molecule has 1 N–H and O–H groups in total. The lowest BCUT2D eigenvalue weighted by Crippen LogP contribution is -2.77. The number of morpholine rings is 1. The lowest BCUT2D eigenvalue weighted by atomic mass is 9.39. The van der Waals surface area contributed by atoms with Crippen LogP contribution in [0.4, 0.5) is 0 Å². The molecule has 1 aliphatic heterocycles. The van der Waals surface area contributed by atoms with Gasteiger partial charge in [-0.15, -0.1) is 0 Å². The third-order valence-electron chi connectivity index (χ3n) is 8.20. The fourth-order valence-electron chi connectivity index (χ4n) is 6.21. The molecular weight excluding hydrogens is 500 g/mol. The van der Waals surface area contributed by atoms with Gasteiger partial charge in [0.1, 0.15) is 0 Å². The average molecular weight is 535 g/mol. The number of hydrogen-bond donors (Lipinski definition) is 1. The number of carbonyl (C=O) groups excluding carboxylic acids is 2. The summed E-state index contributed by atoms with van der Waals surface area (Å²) in [4.78, 5) is 28.2. The van der Waals surface area contributed by atoms with Crippen LogP contribution in [-0.2, 0) is 14.3 Å². The molecule has 10 heteroatoms. The van der Waals surface area contributed by atoms with Crippen molar-refractivity contribution in [2.24, 2.45) is 5.41 Å². The summed E-state index contributed by atoms with van der Waals surface area (Å²) in [6.45, 7) is 4.75. The number of nitrogens with one attached hydrogen (secondary N) is 1. The topological polar surface area (TPSA) is 104 Å². The summed E-state index contributed by atoms with van der Waals surface area (Å²) in [6.07, 6.45) is 2.69. The number of aromatic nitrogens is 2. The van der Waals surface area contributed by atoms with Crippen LogP contribution in [0.3, 0.4) is 0 Å². The number of amides is 1. The van der Waals surface area contributed by atoms with Crippen LogP contribution in [0.15, 0.2) is 42.5 Å². The molecule has 3 heterocycles. The number of pyridine rings is 1. The van der Waals surface area contributed by atoms with E-state index in [-0.39, 0.29) is 17.4 Å². The Morgan fingerprint density at radius 1 is 1.03 bits per heavy atom. The van der Waals surface area contributed by atoms with Gasteiger partial charge in [-0.1, -0.05) is 6.07 Å². The smallest absolute Gasteiger partial charge is 0.312 e. The van der Waals surface area contributed by atoms with Gasteiger partial charge in [0.15, 0.2) is 17.2 Å². The number of nitrogens with zero attached hydrogens (tertiary/aromatic N) is 3. The molecule has 10 nitrogen and oxygen atoms in total. The first-order valence-electron chi connectivity index (χ1n) is 13.5. The second kappa shape index (κ2) is 10.2. The van der Waals surface area contributed by atoms with Gasteiger partial charge in [-0.25, -0.2) is 4.52 Å². The summed E-state index contributed by atoms with van der Waals surface area (Å²) in [5, 5.41) is 7.76. The molecule has 3 saturated carbocycles. The second-order valence-electron chi connectivity index (χ2n) is 10.8. The highest BCUT2D eigenvalue weighted by atomic mass is 16.5. The number of esters is 1. The maximum Gasteiger partial charge on any atom is 0.312 e. The highest BCUT2D eigenvalue weighted by molar-refractivity contribution is 5.95. The fraction of sp³-hybridized carbons (Fsp3) is 0.483. The minimum absolute atomic E-state index is 0.132. The predicted molar refractivity (Wildman–Crippen MR) is 143 cm³/mol. The molecule has 0 spiro atoms. The highest BCUT2D eigenvalue weighted by Crippen LogP contribution is 2.67. The summed E-state index contributed by atoms with van der Waals surface area (Å²) in [6, 6.07) is 13.2. The van der Waals surface area contributed by atoms with Crippen molar-refractivity contribution < 1.29 is 28.5 Å². The van der Waals surface area contributed by atoms with Gasteiger partial charge in [0.25, 0.3) is 5.91 Å². The first-order valence-corrected chi connectivity index (χ1v) is 13.5. The van der Waals surface area contributed by atoms with Gasteiger partial charge in [-0.05, 0) is 62.1 Å². The van der Waals surface area contributed by atoms with E-state index in [1.165, 1.54) is 0 Å². The van der Waals surface area contributed by atoms with E-state index < -0.39 is 5.41 Å². The molecule has 1 aromatic carbocycles. The van der Waals surface area contributed by atoms with Crippen molar-refractivity contribution in [1.29, 1.82) is 0 Å². The largest absolute Gasteiger partial charge is 0.493 e. The van der Waals surface area contributed by atoms with E-state index >= 15 is 0 Å². The predicted octanol–water partition coefficient (Wildman–Crippen LogP) is 2.94. The summed E-state index contributed by atoms with van der Waals surface area (Å²) in [5.74, 6) is 0.893. The average Bonchev–Trinajstić information content (AvgIpc) is 3.37. The third kappa shape index (κ3) is 4.72. The van der Waals surface area contributed by atoms with E-state index in [1.54, 1.807) is 24.8 Å². The van der Waals surface area contributed by atoms with Crippen molar-refractivity contribution in [3.8, 4) is 22.8 Å². The maximum atomic E-state index is 13.2. The summed E-state index contributed by atoms with van der Waals surface area (Å²) in [7, 11) is 3.20. The monoisotopic (exact) mass is 534 g/mol. The van der Waals surface area contributed by atoms with Crippen LogP contribution < -0.4 is 14.8 Å². The number of fused-ring (bicyclic) bond motifs is 1. The number of rotatable bonds is 10. The number of carbonyl (C=O) groups is 2. The molecule has 3 aromatic rings. The fourth-order valence-corrected chi connectivity index (χ4v) is 6.21. The number of ether oxygens (including phenoxy) is 4. The Hall–Kier alpha value is -3.63. The molecular formula is C29H34N4O6. The van der Waals surface area contributed by atoms with Crippen molar-refractivity contribution in [2.75, 3.05) is 53.7 Å². The molecule has 7 rings (SSSR count). The van der Waals surface area contributed by atoms with Crippen LogP contribution in [-0.4, -0.2) is 85.6 Å². The molecule has 4 fully saturated rings. The van der Waals surface area contributed by atoms with Gasteiger partial charge >= 0.3 is 5.97 Å². The number of benzene rings is 1. The van der Waals surface area contributed by atoms with Gasteiger partial charge in [-0.3, -0.25) is 14.5 Å². The second-order valence-corrected chi connectivity index (χ2v) is 10.8. The van der Waals surface area contributed by atoms with E-state index in [1.807, 2.05) is 36.4 Å². The number of methoxy groups -OCH3 is 2. The Balaban J connectivity index is 1.05. The molecule has 1 saturated heterocycles. The van der Waals surface area contributed by atoms with Gasteiger partial charge < -0.3 is 24.3 Å².